The van der Waals surface area contributed by atoms with Crippen molar-refractivity contribution in [3.05, 3.63) is 187 Å². The van der Waals surface area contributed by atoms with Crippen LogP contribution in [0.5, 0.6) is 0 Å². The van der Waals surface area contributed by atoms with Crippen molar-refractivity contribution >= 4 is 59.3 Å². The van der Waals surface area contributed by atoms with Crippen LogP contribution in [0, 0.1) is 0 Å². The molecule has 1 aliphatic carbocycles. The summed E-state index contributed by atoms with van der Waals surface area (Å²) in [5, 5.41) is 5.18. The van der Waals surface area contributed by atoms with E-state index in [-0.39, 0.29) is 5.41 Å². The minimum Gasteiger partial charge on any atom is -0.310 e. The fourth-order valence-electron chi connectivity index (χ4n) is 8.19. The fourth-order valence-corrected chi connectivity index (χ4v) is 9.46. The molecule has 0 fully saturated rings. The molecule has 0 aliphatic heterocycles. The van der Waals surface area contributed by atoms with Crippen LogP contribution in [0.1, 0.15) is 25.0 Å². The Bertz CT molecular complexity index is 2760. The van der Waals surface area contributed by atoms with Gasteiger partial charge in [-0.1, -0.05) is 135 Å². The van der Waals surface area contributed by atoms with E-state index in [1.165, 1.54) is 75.5 Å². The molecule has 0 saturated carbocycles. The molecule has 1 aromatic heterocycles. The normalized spacial score (nSPS) is 13.1. The SMILES string of the molecule is CC1(C)c2cc(-c3ccc4cc(N(c5ccccc5)c5ccc(-c6ccccc6)cc5)ccc4c3)ccc2-c2c1ccc1c2sc2ccccc21. The van der Waals surface area contributed by atoms with Crippen LogP contribution in [-0.2, 0) is 5.41 Å². The molecule has 0 bridgehead atoms. The lowest BCUT2D eigenvalue weighted by molar-refractivity contribution is 0.661. The van der Waals surface area contributed by atoms with Crippen molar-refractivity contribution in [2.45, 2.75) is 19.3 Å². The van der Waals surface area contributed by atoms with E-state index in [9.17, 15) is 0 Å². The van der Waals surface area contributed by atoms with E-state index in [0.717, 1.165) is 17.1 Å². The number of fused-ring (bicyclic) bond motifs is 8. The molecule has 242 valence electrons. The summed E-state index contributed by atoms with van der Waals surface area (Å²) in [6.45, 7) is 4.77. The molecule has 0 amide bonds. The largest absolute Gasteiger partial charge is 0.310 e. The Labute approximate surface area is 302 Å². The molecule has 51 heavy (non-hydrogen) atoms. The number of nitrogens with zero attached hydrogens (tertiary/aromatic N) is 1. The third-order valence-electron chi connectivity index (χ3n) is 10.8. The van der Waals surface area contributed by atoms with Crippen LogP contribution in [0.25, 0.3) is 64.3 Å². The van der Waals surface area contributed by atoms with Gasteiger partial charge in [0.1, 0.15) is 0 Å². The van der Waals surface area contributed by atoms with Crippen molar-refractivity contribution in [2.75, 3.05) is 4.90 Å². The number of hydrogen-bond acceptors (Lipinski definition) is 2. The molecule has 0 N–H and O–H groups in total. The lowest BCUT2D eigenvalue weighted by Crippen LogP contribution is -2.14. The summed E-state index contributed by atoms with van der Waals surface area (Å²) in [7, 11) is 0. The molecule has 9 aromatic rings. The van der Waals surface area contributed by atoms with Crippen molar-refractivity contribution in [1.29, 1.82) is 0 Å². The Morgan fingerprint density at radius 2 is 1.04 bits per heavy atom. The topological polar surface area (TPSA) is 3.24 Å². The monoisotopic (exact) mass is 669 g/mol. The number of para-hydroxylation sites is 1. The lowest BCUT2D eigenvalue weighted by atomic mass is 9.81. The Kier molecular flexibility index (Phi) is 6.78. The summed E-state index contributed by atoms with van der Waals surface area (Å²) in [6.07, 6.45) is 0. The Morgan fingerprint density at radius 1 is 0.431 bits per heavy atom. The van der Waals surface area contributed by atoms with Crippen LogP contribution in [0.4, 0.5) is 17.1 Å². The van der Waals surface area contributed by atoms with E-state index in [0.29, 0.717) is 0 Å². The van der Waals surface area contributed by atoms with Crippen LogP contribution in [0.3, 0.4) is 0 Å². The Balaban J connectivity index is 1.02. The lowest BCUT2D eigenvalue weighted by Gasteiger charge is -2.26. The molecule has 0 radical (unpaired) electrons. The standard InChI is InChI=1S/C49H35NS/c1-49(2)44-28-27-42-41-15-9-10-16-46(41)51-48(42)47(44)43-26-22-37(31-45(43)49)34-17-18-36-30-40(25-21-35(36)29-34)50(38-13-7-4-8-14-38)39-23-19-33(20-24-39)32-11-5-3-6-12-32/h3-31H,1-2H3. The molecule has 2 heteroatoms. The average Bonchev–Trinajstić information content (AvgIpc) is 3.67. The summed E-state index contributed by atoms with van der Waals surface area (Å²) >= 11 is 1.93. The average molecular weight is 670 g/mol. The summed E-state index contributed by atoms with van der Waals surface area (Å²) in [5.74, 6) is 0. The van der Waals surface area contributed by atoms with Crippen LogP contribution in [-0.4, -0.2) is 0 Å². The first-order valence-electron chi connectivity index (χ1n) is 17.7. The van der Waals surface area contributed by atoms with Gasteiger partial charge in [0.25, 0.3) is 0 Å². The molecule has 10 rings (SSSR count). The van der Waals surface area contributed by atoms with Crippen LogP contribution < -0.4 is 4.90 Å². The van der Waals surface area contributed by atoms with Crippen molar-refractivity contribution in [3.8, 4) is 33.4 Å². The second kappa shape index (κ2) is 11.6. The highest BCUT2D eigenvalue weighted by atomic mass is 32.1. The third kappa shape index (κ3) is 4.82. The van der Waals surface area contributed by atoms with Gasteiger partial charge in [0.15, 0.2) is 0 Å². The fraction of sp³-hybridized carbons (Fsp3) is 0.0612. The van der Waals surface area contributed by atoms with E-state index < -0.39 is 0 Å². The maximum absolute atomic E-state index is 2.44. The molecular formula is C49H35NS. The first-order valence-corrected chi connectivity index (χ1v) is 18.5. The zero-order chi connectivity index (χ0) is 34.1. The van der Waals surface area contributed by atoms with E-state index >= 15 is 0 Å². The molecule has 1 aliphatic rings. The maximum atomic E-state index is 2.44. The molecule has 0 saturated heterocycles. The zero-order valence-electron chi connectivity index (χ0n) is 28.6. The molecule has 8 aromatic carbocycles. The van der Waals surface area contributed by atoms with Crippen LogP contribution in [0.15, 0.2) is 176 Å². The molecule has 0 spiro atoms. The van der Waals surface area contributed by atoms with Crippen molar-refractivity contribution in [1.82, 2.24) is 0 Å². The summed E-state index contributed by atoms with van der Waals surface area (Å²) < 4.78 is 2.77. The van der Waals surface area contributed by atoms with Crippen LogP contribution in [0.2, 0.25) is 0 Å². The van der Waals surface area contributed by atoms with Crippen molar-refractivity contribution in [3.63, 3.8) is 0 Å². The Hall–Kier alpha value is -5.96. The highest BCUT2D eigenvalue weighted by Gasteiger charge is 2.37. The minimum absolute atomic E-state index is 0.0724. The summed E-state index contributed by atoms with van der Waals surface area (Å²) in [5.41, 5.74) is 13.9. The molecule has 1 heterocycles. The van der Waals surface area contributed by atoms with Crippen molar-refractivity contribution < 1.29 is 0 Å². The van der Waals surface area contributed by atoms with Gasteiger partial charge >= 0.3 is 0 Å². The molecule has 0 atom stereocenters. The first kappa shape index (κ1) is 29.9. The van der Waals surface area contributed by atoms with Crippen molar-refractivity contribution in [2.24, 2.45) is 0 Å². The van der Waals surface area contributed by atoms with E-state index in [4.69, 9.17) is 0 Å². The Morgan fingerprint density at radius 3 is 1.86 bits per heavy atom. The molecular weight excluding hydrogens is 635 g/mol. The number of thiophene rings is 1. The van der Waals surface area contributed by atoms with Gasteiger partial charge in [-0.2, -0.15) is 0 Å². The minimum atomic E-state index is -0.0724. The van der Waals surface area contributed by atoms with Gasteiger partial charge in [-0.15, -0.1) is 11.3 Å². The van der Waals surface area contributed by atoms with Gasteiger partial charge in [-0.05, 0) is 104 Å². The van der Waals surface area contributed by atoms with Gasteiger partial charge in [-0.25, -0.2) is 0 Å². The predicted molar refractivity (Wildman–Crippen MR) is 220 cm³/mol. The predicted octanol–water partition coefficient (Wildman–Crippen LogP) is 14.3. The second-order valence-corrected chi connectivity index (χ2v) is 15.2. The highest BCUT2D eigenvalue weighted by Crippen LogP contribution is 2.54. The van der Waals surface area contributed by atoms with Gasteiger partial charge in [0.2, 0.25) is 0 Å². The van der Waals surface area contributed by atoms with E-state index in [2.05, 4.69) is 195 Å². The number of rotatable bonds is 5. The van der Waals surface area contributed by atoms with E-state index in [1.807, 2.05) is 11.3 Å². The van der Waals surface area contributed by atoms with Gasteiger partial charge in [0.05, 0.1) is 0 Å². The quantitative estimate of drug-likeness (QED) is 0.176. The molecule has 1 nitrogen and oxygen atoms in total. The zero-order valence-corrected chi connectivity index (χ0v) is 29.4. The second-order valence-electron chi connectivity index (χ2n) is 14.2. The van der Waals surface area contributed by atoms with Gasteiger partial charge in [0, 0.05) is 48.2 Å². The van der Waals surface area contributed by atoms with Gasteiger partial charge < -0.3 is 4.90 Å². The maximum Gasteiger partial charge on any atom is 0.0468 e. The number of benzene rings is 8. The first-order chi connectivity index (χ1) is 25.0. The highest BCUT2D eigenvalue weighted by molar-refractivity contribution is 7.26. The van der Waals surface area contributed by atoms with E-state index in [1.54, 1.807) is 0 Å². The number of anilines is 3. The summed E-state index contributed by atoms with van der Waals surface area (Å²) in [6, 6.07) is 64.5. The smallest absolute Gasteiger partial charge is 0.0468 e. The molecule has 0 unspecified atom stereocenters. The number of hydrogen-bond donors (Lipinski definition) is 0. The van der Waals surface area contributed by atoms with Gasteiger partial charge in [-0.3, -0.25) is 0 Å². The van der Waals surface area contributed by atoms with Crippen LogP contribution >= 0.6 is 11.3 Å². The third-order valence-corrected chi connectivity index (χ3v) is 12.0. The summed E-state index contributed by atoms with van der Waals surface area (Å²) in [4.78, 5) is 2.34.